The predicted octanol–water partition coefficient (Wildman–Crippen LogP) is 3.08. The van der Waals surface area contributed by atoms with Crippen molar-refractivity contribution in [3.05, 3.63) is 23.9 Å². The second-order valence-electron chi connectivity index (χ2n) is 5.54. The molecule has 0 atom stereocenters. The van der Waals surface area contributed by atoms with Crippen molar-refractivity contribution in [2.24, 2.45) is 5.92 Å². The maximum Gasteiger partial charge on any atom is 0.361 e. The van der Waals surface area contributed by atoms with Gasteiger partial charge in [-0.1, -0.05) is 13.8 Å². The van der Waals surface area contributed by atoms with Crippen molar-refractivity contribution in [3.63, 3.8) is 0 Å². The zero-order valence-electron chi connectivity index (χ0n) is 14.5. The zero-order chi connectivity index (χ0) is 17.5. The van der Waals surface area contributed by atoms with Crippen molar-refractivity contribution < 1.29 is 19.0 Å². The summed E-state index contributed by atoms with van der Waals surface area (Å²) in [5.41, 5.74) is 1.27. The second-order valence-corrected chi connectivity index (χ2v) is 5.54. The molecule has 1 heterocycles. The van der Waals surface area contributed by atoms with E-state index in [4.69, 9.17) is 14.2 Å². The molecule has 0 aliphatic rings. The first-order valence-electron chi connectivity index (χ1n) is 8.04. The van der Waals surface area contributed by atoms with Crippen LogP contribution in [0.25, 0.3) is 11.3 Å². The van der Waals surface area contributed by atoms with Gasteiger partial charge in [-0.3, -0.25) is 0 Å². The Morgan fingerprint density at radius 3 is 2.58 bits per heavy atom. The standard InChI is InChI=1S/C17H23N3O4/c1-5-22-14-9-12(7-8-13(14)24-10-11(3)4)15-16(19-20-18-15)17(21)23-6-2/h7-9,11H,5-6,10H2,1-4H3,(H,18,19,20). The minimum atomic E-state index is -0.514. The number of esters is 1. The fourth-order valence-electron chi connectivity index (χ4n) is 2.07. The van der Waals surface area contributed by atoms with Crippen LogP contribution in [0.15, 0.2) is 18.2 Å². The molecule has 0 fully saturated rings. The summed E-state index contributed by atoms with van der Waals surface area (Å²) in [6.45, 7) is 9.18. The van der Waals surface area contributed by atoms with Gasteiger partial charge in [0, 0.05) is 5.56 Å². The van der Waals surface area contributed by atoms with Crippen LogP contribution in [0.3, 0.4) is 0 Å². The fourth-order valence-corrected chi connectivity index (χ4v) is 2.07. The number of aromatic amines is 1. The van der Waals surface area contributed by atoms with E-state index in [2.05, 4.69) is 29.3 Å². The monoisotopic (exact) mass is 333 g/mol. The van der Waals surface area contributed by atoms with Gasteiger partial charge in [0.15, 0.2) is 17.2 Å². The normalized spacial score (nSPS) is 10.7. The number of nitrogens with one attached hydrogen (secondary N) is 1. The molecular weight excluding hydrogens is 310 g/mol. The molecule has 0 aliphatic carbocycles. The predicted molar refractivity (Wildman–Crippen MR) is 89.3 cm³/mol. The quantitative estimate of drug-likeness (QED) is 0.747. The van der Waals surface area contributed by atoms with Gasteiger partial charge in [-0.15, -0.1) is 5.10 Å². The number of aromatic nitrogens is 3. The summed E-state index contributed by atoms with van der Waals surface area (Å²) >= 11 is 0. The van der Waals surface area contributed by atoms with Gasteiger partial charge in [0.2, 0.25) is 0 Å². The lowest BCUT2D eigenvalue weighted by Crippen LogP contribution is -2.07. The Labute approximate surface area is 141 Å². The van der Waals surface area contributed by atoms with E-state index >= 15 is 0 Å². The first kappa shape index (κ1) is 17.8. The van der Waals surface area contributed by atoms with Gasteiger partial charge < -0.3 is 14.2 Å². The lowest BCUT2D eigenvalue weighted by molar-refractivity contribution is 0.0520. The topological polar surface area (TPSA) is 86.3 Å². The minimum absolute atomic E-state index is 0.148. The first-order valence-corrected chi connectivity index (χ1v) is 8.04. The SMILES string of the molecule is CCOC(=O)c1n[nH]nc1-c1ccc(OCC(C)C)c(OCC)c1. The van der Waals surface area contributed by atoms with Gasteiger partial charge in [-0.2, -0.15) is 10.3 Å². The molecule has 2 aromatic rings. The summed E-state index contributed by atoms with van der Waals surface area (Å²) in [7, 11) is 0. The summed E-state index contributed by atoms with van der Waals surface area (Å²) in [6, 6.07) is 5.42. The highest BCUT2D eigenvalue weighted by molar-refractivity contribution is 5.94. The van der Waals surface area contributed by atoms with Crippen LogP contribution in [0, 0.1) is 5.92 Å². The van der Waals surface area contributed by atoms with Crippen LogP contribution in [0.5, 0.6) is 11.5 Å². The van der Waals surface area contributed by atoms with Crippen LogP contribution >= 0.6 is 0 Å². The molecular formula is C17H23N3O4. The number of hydrogen-bond acceptors (Lipinski definition) is 6. The fraction of sp³-hybridized carbons (Fsp3) is 0.471. The third-order valence-corrected chi connectivity index (χ3v) is 3.11. The summed E-state index contributed by atoms with van der Waals surface area (Å²) in [5.74, 6) is 1.16. The minimum Gasteiger partial charge on any atom is -0.490 e. The highest BCUT2D eigenvalue weighted by Gasteiger charge is 2.20. The van der Waals surface area contributed by atoms with Gasteiger partial charge in [0.25, 0.3) is 0 Å². The van der Waals surface area contributed by atoms with Gasteiger partial charge >= 0.3 is 5.97 Å². The molecule has 7 nitrogen and oxygen atoms in total. The largest absolute Gasteiger partial charge is 0.490 e. The average Bonchev–Trinajstić information content (AvgIpc) is 3.03. The van der Waals surface area contributed by atoms with Crippen molar-refractivity contribution in [1.29, 1.82) is 0 Å². The zero-order valence-corrected chi connectivity index (χ0v) is 14.5. The van der Waals surface area contributed by atoms with Crippen LogP contribution in [0.2, 0.25) is 0 Å². The molecule has 0 radical (unpaired) electrons. The molecule has 0 aliphatic heterocycles. The van der Waals surface area contributed by atoms with E-state index in [9.17, 15) is 4.79 Å². The highest BCUT2D eigenvalue weighted by Crippen LogP contribution is 2.33. The van der Waals surface area contributed by atoms with Crippen LogP contribution in [0.4, 0.5) is 0 Å². The molecule has 0 unspecified atom stereocenters. The Morgan fingerprint density at radius 1 is 1.12 bits per heavy atom. The third kappa shape index (κ3) is 4.24. The Kier molecular flexibility index (Phi) is 6.17. The van der Waals surface area contributed by atoms with Crippen LogP contribution in [0.1, 0.15) is 38.2 Å². The Balaban J connectivity index is 2.33. The number of rotatable bonds is 8. The molecule has 1 aromatic heterocycles. The summed E-state index contributed by atoms with van der Waals surface area (Å²) in [6.07, 6.45) is 0. The van der Waals surface area contributed by atoms with Crippen LogP contribution in [-0.2, 0) is 4.74 Å². The molecule has 1 N–H and O–H groups in total. The van der Waals surface area contributed by atoms with E-state index in [0.29, 0.717) is 41.9 Å². The van der Waals surface area contributed by atoms with Crippen molar-refractivity contribution in [2.75, 3.05) is 19.8 Å². The maximum absolute atomic E-state index is 12.0. The molecule has 0 bridgehead atoms. The molecule has 0 amide bonds. The molecule has 0 spiro atoms. The van der Waals surface area contributed by atoms with E-state index in [0.717, 1.165) is 0 Å². The summed E-state index contributed by atoms with van der Waals surface area (Å²) in [5, 5.41) is 10.4. The Hall–Kier alpha value is -2.57. The number of H-pyrrole nitrogens is 1. The molecule has 7 heteroatoms. The summed E-state index contributed by atoms with van der Waals surface area (Å²) < 4.78 is 16.4. The molecule has 2 rings (SSSR count). The average molecular weight is 333 g/mol. The molecule has 0 saturated heterocycles. The number of carbonyl (C=O) groups is 1. The highest BCUT2D eigenvalue weighted by atomic mass is 16.5. The van der Waals surface area contributed by atoms with E-state index < -0.39 is 5.97 Å². The first-order chi connectivity index (χ1) is 11.6. The van der Waals surface area contributed by atoms with Gasteiger partial charge in [-0.05, 0) is 38.0 Å². The number of carbonyl (C=O) groups excluding carboxylic acids is 1. The van der Waals surface area contributed by atoms with E-state index in [1.54, 1.807) is 13.0 Å². The molecule has 130 valence electrons. The van der Waals surface area contributed by atoms with Crippen molar-refractivity contribution >= 4 is 5.97 Å². The smallest absolute Gasteiger partial charge is 0.361 e. The van der Waals surface area contributed by atoms with Crippen molar-refractivity contribution in [3.8, 4) is 22.8 Å². The van der Waals surface area contributed by atoms with Gasteiger partial charge in [0.05, 0.1) is 19.8 Å². The third-order valence-electron chi connectivity index (χ3n) is 3.11. The molecule has 0 saturated carbocycles. The van der Waals surface area contributed by atoms with E-state index in [-0.39, 0.29) is 12.3 Å². The molecule has 24 heavy (non-hydrogen) atoms. The number of ether oxygens (including phenoxy) is 3. The van der Waals surface area contributed by atoms with Crippen LogP contribution < -0.4 is 9.47 Å². The number of nitrogens with zero attached hydrogens (tertiary/aromatic N) is 2. The van der Waals surface area contributed by atoms with Crippen molar-refractivity contribution in [1.82, 2.24) is 15.4 Å². The molecule has 1 aromatic carbocycles. The Morgan fingerprint density at radius 2 is 1.92 bits per heavy atom. The van der Waals surface area contributed by atoms with E-state index in [1.165, 1.54) is 0 Å². The van der Waals surface area contributed by atoms with E-state index in [1.807, 2.05) is 19.1 Å². The van der Waals surface area contributed by atoms with Gasteiger partial charge in [-0.25, -0.2) is 4.79 Å². The number of benzene rings is 1. The summed E-state index contributed by atoms with van der Waals surface area (Å²) in [4.78, 5) is 12.0. The van der Waals surface area contributed by atoms with Crippen LogP contribution in [-0.4, -0.2) is 41.2 Å². The maximum atomic E-state index is 12.0. The van der Waals surface area contributed by atoms with Crippen molar-refractivity contribution in [2.45, 2.75) is 27.7 Å². The Bertz CT molecular complexity index is 682. The number of hydrogen-bond donors (Lipinski definition) is 1. The lowest BCUT2D eigenvalue weighted by atomic mass is 10.1. The lowest BCUT2D eigenvalue weighted by Gasteiger charge is -2.14. The second kappa shape index (κ2) is 8.33. The van der Waals surface area contributed by atoms with Gasteiger partial charge in [0.1, 0.15) is 5.69 Å².